The van der Waals surface area contributed by atoms with E-state index in [2.05, 4.69) is 84.9 Å². The van der Waals surface area contributed by atoms with Crippen LogP contribution in [0.1, 0.15) is 48.8 Å². The first-order valence-electron chi connectivity index (χ1n) is 11.6. The van der Waals surface area contributed by atoms with E-state index in [0.717, 1.165) is 23.8 Å². The van der Waals surface area contributed by atoms with Crippen LogP contribution in [-0.4, -0.2) is 5.60 Å². The summed E-state index contributed by atoms with van der Waals surface area (Å²) in [5.41, 5.74) is 4.23. The Labute approximate surface area is 183 Å². The Kier molecular flexibility index (Phi) is 3.57. The maximum Gasteiger partial charge on any atom is 0.178 e. The molecule has 31 heavy (non-hydrogen) atoms. The van der Waals surface area contributed by atoms with Crippen molar-refractivity contribution in [1.82, 2.24) is 0 Å². The highest BCUT2D eigenvalue weighted by molar-refractivity contribution is 5.81. The van der Waals surface area contributed by atoms with Crippen LogP contribution >= 0.6 is 0 Å². The van der Waals surface area contributed by atoms with Crippen LogP contribution in [0.3, 0.4) is 0 Å². The lowest BCUT2D eigenvalue weighted by atomic mass is 9.73. The van der Waals surface area contributed by atoms with Gasteiger partial charge in [0.05, 0.1) is 5.56 Å². The molecule has 154 valence electrons. The van der Waals surface area contributed by atoms with Crippen LogP contribution < -0.4 is 9.47 Å². The van der Waals surface area contributed by atoms with E-state index in [1.807, 2.05) is 0 Å². The van der Waals surface area contributed by atoms with Crippen molar-refractivity contribution in [3.8, 4) is 11.5 Å². The Balaban J connectivity index is 1.46. The zero-order valence-corrected chi connectivity index (χ0v) is 17.6. The number of benzene rings is 3. The van der Waals surface area contributed by atoms with Crippen molar-refractivity contribution in [2.75, 3.05) is 0 Å². The summed E-state index contributed by atoms with van der Waals surface area (Å²) in [4.78, 5) is 0. The van der Waals surface area contributed by atoms with E-state index < -0.39 is 5.60 Å². The minimum absolute atomic E-state index is 0.0309. The van der Waals surface area contributed by atoms with Crippen molar-refractivity contribution >= 4 is 5.57 Å². The van der Waals surface area contributed by atoms with Crippen LogP contribution in [0.5, 0.6) is 11.5 Å². The van der Waals surface area contributed by atoms with Gasteiger partial charge in [-0.15, -0.1) is 0 Å². The predicted octanol–water partition coefficient (Wildman–Crippen LogP) is 6.75. The van der Waals surface area contributed by atoms with E-state index in [1.54, 1.807) is 0 Å². The highest BCUT2D eigenvalue weighted by Gasteiger charge is 2.56. The minimum Gasteiger partial charge on any atom is -0.486 e. The van der Waals surface area contributed by atoms with Crippen molar-refractivity contribution in [3.05, 3.63) is 102 Å². The number of fused-ring (bicyclic) bond motifs is 3. The van der Waals surface area contributed by atoms with Crippen molar-refractivity contribution in [1.29, 1.82) is 0 Å². The van der Waals surface area contributed by atoms with Crippen LogP contribution in [0.2, 0.25) is 0 Å². The summed E-state index contributed by atoms with van der Waals surface area (Å²) >= 11 is 0. The zero-order valence-electron chi connectivity index (χ0n) is 17.6. The van der Waals surface area contributed by atoms with E-state index in [9.17, 15) is 0 Å². The first-order valence-corrected chi connectivity index (χ1v) is 11.6. The van der Waals surface area contributed by atoms with Gasteiger partial charge < -0.3 is 9.47 Å². The molecule has 4 aliphatic rings. The summed E-state index contributed by atoms with van der Waals surface area (Å²) in [6, 6.07) is 27.6. The number of ether oxygens (including phenoxy) is 2. The summed E-state index contributed by atoms with van der Waals surface area (Å²) in [7, 11) is 0. The Morgan fingerprint density at radius 2 is 1.39 bits per heavy atom. The van der Waals surface area contributed by atoms with Gasteiger partial charge in [-0.3, -0.25) is 0 Å². The molecule has 2 saturated carbocycles. The summed E-state index contributed by atoms with van der Waals surface area (Å²) < 4.78 is 13.7. The van der Waals surface area contributed by atoms with Crippen LogP contribution in [0, 0.1) is 11.8 Å². The molecule has 0 radical (unpaired) electrons. The molecular weight excluding hydrogens is 380 g/mol. The van der Waals surface area contributed by atoms with Gasteiger partial charge in [0.1, 0.15) is 17.1 Å². The van der Waals surface area contributed by atoms with E-state index in [-0.39, 0.29) is 5.60 Å². The molecule has 0 saturated heterocycles. The molecule has 2 heterocycles. The van der Waals surface area contributed by atoms with Crippen molar-refractivity contribution < 1.29 is 9.47 Å². The van der Waals surface area contributed by atoms with Gasteiger partial charge >= 0.3 is 0 Å². The fourth-order valence-corrected chi connectivity index (χ4v) is 6.79. The zero-order chi connectivity index (χ0) is 20.5. The fourth-order valence-electron chi connectivity index (χ4n) is 6.79. The van der Waals surface area contributed by atoms with Gasteiger partial charge in [-0.2, -0.15) is 0 Å². The molecule has 0 N–H and O–H groups in total. The van der Waals surface area contributed by atoms with Gasteiger partial charge in [0.25, 0.3) is 0 Å². The molecule has 3 aromatic carbocycles. The number of rotatable bonds is 2. The third-order valence-corrected chi connectivity index (χ3v) is 8.09. The quantitative estimate of drug-likeness (QED) is 0.469. The molecule has 2 aliphatic heterocycles. The van der Waals surface area contributed by atoms with Gasteiger partial charge in [-0.1, -0.05) is 66.7 Å². The molecule has 2 fully saturated rings. The predicted molar refractivity (Wildman–Crippen MR) is 122 cm³/mol. The molecule has 7 rings (SSSR count). The number of hydrogen-bond donors (Lipinski definition) is 0. The van der Waals surface area contributed by atoms with Crippen LogP contribution in [-0.2, 0) is 5.60 Å². The molecule has 2 nitrogen and oxygen atoms in total. The fraction of sp³-hybridized carbons (Fsp3) is 0.310. The average Bonchev–Trinajstić information content (AvgIpc) is 3.41. The third-order valence-electron chi connectivity index (χ3n) is 8.09. The molecule has 2 bridgehead atoms. The Bertz CT molecular complexity index is 1140. The molecule has 0 amide bonds. The molecule has 2 aliphatic carbocycles. The topological polar surface area (TPSA) is 18.5 Å². The first kappa shape index (κ1) is 17.7. The maximum absolute atomic E-state index is 6.90. The van der Waals surface area contributed by atoms with Gasteiger partial charge in [-0.05, 0) is 61.3 Å². The standard InChI is InChI=1S/C29H26O2/c1-3-8-22(9-4-1)29(23-10-5-2-6-11-23)19-21-18-28(17-20-14-15-24(28)16-20)30-25-12-7-13-26(31-29)27(21)25/h1-13,19-20,24H,14-18H2. The Morgan fingerprint density at radius 3 is 2.00 bits per heavy atom. The van der Waals surface area contributed by atoms with Gasteiger partial charge in [0, 0.05) is 17.5 Å². The largest absolute Gasteiger partial charge is 0.486 e. The van der Waals surface area contributed by atoms with Crippen molar-refractivity contribution in [2.24, 2.45) is 11.8 Å². The summed E-state index contributed by atoms with van der Waals surface area (Å²) in [6.07, 6.45) is 8.61. The molecule has 2 heteroatoms. The monoisotopic (exact) mass is 406 g/mol. The van der Waals surface area contributed by atoms with Gasteiger partial charge in [0.15, 0.2) is 5.60 Å². The van der Waals surface area contributed by atoms with E-state index in [0.29, 0.717) is 5.92 Å². The van der Waals surface area contributed by atoms with Gasteiger partial charge in [-0.25, -0.2) is 0 Å². The smallest absolute Gasteiger partial charge is 0.178 e. The normalized spacial score (nSPS) is 29.1. The lowest BCUT2D eigenvalue weighted by Crippen LogP contribution is -2.45. The average molecular weight is 407 g/mol. The molecular formula is C29H26O2. The minimum atomic E-state index is -0.625. The highest BCUT2D eigenvalue weighted by atomic mass is 16.5. The van der Waals surface area contributed by atoms with Gasteiger partial charge in [0.2, 0.25) is 0 Å². The lowest BCUT2D eigenvalue weighted by molar-refractivity contribution is 0.00983. The second-order valence-corrected chi connectivity index (χ2v) is 9.79. The molecule has 3 atom stereocenters. The van der Waals surface area contributed by atoms with E-state index in [1.165, 1.54) is 47.9 Å². The lowest BCUT2D eigenvalue weighted by Gasteiger charge is -2.46. The van der Waals surface area contributed by atoms with E-state index >= 15 is 0 Å². The third kappa shape index (κ3) is 2.45. The summed E-state index contributed by atoms with van der Waals surface area (Å²) in [5, 5.41) is 0. The Morgan fingerprint density at radius 1 is 0.710 bits per heavy atom. The molecule has 3 aromatic rings. The molecule has 1 spiro atoms. The van der Waals surface area contributed by atoms with Crippen molar-refractivity contribution in [2.45, 2.75) is 43.3 Å². The Hall–Kier alpha value is -3.00. The van der Waals surface area contributed by atoms with Crippen LogP contribution in [0.15, 0.2) is 84.9 Å². The van der Waals surface area contributed by atoms with Crippen LogP contribution in [0.4, 0.5) is 0 Å². The molecule has 0 aromatic heterocycles. The SMILES string of the molecule is C1=C2CC3(CC4CCC3C4)Oc3cccc(c32)OC1(c1ccccc1)c1ccccc1. The highest BCUT2D eigenvalue weighted by Crippen LogP contribution is 2.61. The van der Waals surface area contributed by atoms with Crippen LogP contribution in [0.25, 0.3) is 5.57 Å². The van der Waals surface area contributed by atoms with E-state index in [4.69, 9.17) is 9.47 Å². The van der Waals surface area contributed by atoms with Crippen molar-refractivity contribution in [3.63, 3.8) is 0 Å². The second-order valence-electron chi connectivity index (χ2n) is 9.79. The maximum atomic E-state index is 6.90. The second kappa shape index (κ2) is 6.26. The number of hydrogen-bond acceptors (Lipinski definition) is 2. The summed E-state index contributed by atoms with van der Waals surface area (Å²) in [5.74, 6) is 3.46. The summed E-state index contributed by atoms with van der Waals surface area (Å²) in [6.45, 7) is 0. The molecule has 3 unspecified atom stereocenters. The first-order chi connectivity index (χ1) is 15.3.